The van der Waals surface area contributed by atoms with E-state index in [-0.39, 0.29) is 6.54 Å². The topological polar surface area (TPSA) is 83.5 Å². The van der Waals surface area contributed by atoms with E-state index in [1.165, 1.54) is 13.8 Å². The molecule has 0 saturated heterocycles. The Balaban J connectivity index is 2.64. The highest BCUT2D eigenvalue weighted by Crippen LogP contribution is 2.31. The minimum Gasteiger partial charge on any atom is -0.388 e. The van der Waals surface area contributed by atoms with Gasteiger partial charge in [0.25, 0.3) is 0 Å². The Morgan fingerprint density at radius 3 is 2.53 bits per heavy atom. The molecule has 5 nitrogen and oxygen atoms in total. The molecule has 0 heterocycles. The van der Waals surface area contributed by atoms with E-state index in [4.69, 9.17) is 0 Å². The Morgan fingerprint density at radius 2 is 2.05 bits per heavy atom. The summed E-state index contributed by atoms with van der Waals surface area (Å²) in [5.74, 6) is -0.125. The average molecular weight is 291 g/mol. The number of hydrogen-bond donors (Lipinski definition) is 2. The van der Waals surface area contributed by atoms with Crippen LogP contribution in [-0.2, 0) is 14.6 Å². The lowest BCUT2D eigenvalue weighted by molar-refractivity contribution is -0.124. The highest BCUT2D eigenvalue weighted by Gasteiger charge is 2.40. The second-order valence-corrected chi connectivity index (χ2v) is 8.96. The molecule has 19 heavy (non-hydrogen) atoms. The van der Waals surface area contributed by atoms with Crippen LogP contribution in [0.2, 0.25) is 0 Å². The summed E-state index contributed by atoms with van der Waals surface area (Å²) >= 11 is 0. The molecule has 2 unspecified atom stereocenters. The first-order chi connectivity index (χ1) is 8.48. The minimum absolute atomic E-state index is 0.120. The summed E-state index contributed by atoms with van der Waals surface area (Å²) in [6.45, 7) is 4.96. The van der Waals surface area contributed by atoms with E-state index in [2.05, 4.69) is 12.2 Å². The van der Waals surface area contributed by atoms with E-state index >= 15 is 0 Å². The van der Waals surface area contributed by atoms with Crippen molar-refractivity contribution < 1.29 is 18.3 Å². The molecule has 2 N–H and O–H groups in total. The summed E-state index contributed by atoms with van der Waals surface area (Å²) in [5.41, 5.74) is -0.902. The molecule has 0 bridgehead atoms. The summed E-state index contributed by atoms with van der Waals surface area (Å²) in [5, 5.41) is 13.0. The summed E-state index contributed by atoms with van der Waals surface area (Å²) in [6.07, 6.45) is 4.36. The number of carbonyl (C=O) groups is 1. The molecule has 1 amide bonds. The molecule has 0 radical (unpaired) electrons. The largest absolute Gasteiger partial charge is 0.388 e. The first-order valence-corrected chi connectivity index (χ1v) is 8.57. The van der Waals surface area contributed by atoms with Crippen LogP contribution < -0.4 is 5.32 Å². The monoisotopic (exact) mass is 291 g/mol. The fourth-order valence-corrected chi connectivity index (χ4v) is 2.83. The van der Waals surface area contributed by atoms with Crippen molar-refractivity contribution in [1.82, 2.24) is 5.32 Å². The smallest absolute Gasteiger partial charge is 0.240 e. The van der Waals surface area contributed by atoms with Crippen LogP contribution in [-0.4, -0.2) is 42.6 Å². The fraction of sp³-hybridized carbons (Fsp3) is 0.923. The van der Waals surface area contributed by atoms with Gasteiger partial charge in [0, 0.05) is 12.8 Å². The van der Waals surface area contributed by atoms with Crippen molar-refractivity contribution in [2.75, 3.05) is 12.8 Å². The molecule has 2 atom stereocenters. The molecule has 1 aliphatic carbocycles. The number of amides is 1. The van der Waals surface area contributed by atoms with Crippen molar-refractivity contribution in [3.63, 3.8) is 0 Å². The van der Waals surface area contributed by atoms with Crippen molar-refractivity contribution in [2.24, 2.45) is 5.92 Å². The number of aliphatic hydroxyl groups is 1. The van der Waals surface area contributed by atoms with E-state index in [0.29, 0.717) is 18.8 Å². The Kier molecular flexibility index (Phi) is 4.67. The molecule has 1 saturated carbocycles. The third-order valence-corrected chi connectivity index (χ3v) is 6.16. The van der Waals surface area contributed by atoms with Crippen LogP contribution in [0.4, 0.5) is 0 Å². The van der Waals surface area contributed by atoms with Crippen LogP contribution in [0.3, 0.4) is 0 Å². The molecule has 1 aliphatic rings. The van der Waals surface area contributed by atoms with Crippen LogP contribution >= 0.6 is 0 Å². The zero-order valence-corrected chi connectivity index (χ0v) is 13.0. The second-order valence-electron chi connectivity index (χ2n) is 6.39. The summed E-state index contributed by atoms with van der Waals surface area (Å²) in [7, 11) is -3.48. The maximum Gasteiger partial charge on any atom is 0.240 e. The van der Waals surface area contributed by atoms with Gasteiger partial charge in [-0.25, -0.2) is 8.42 Å². The highest BCUT2D eigenvalue weighted by molar-refractivity contribution is 7.92. The Hall–Kier alpha value is -0.620. The van der Waals surface area contributed by atoms with E-state index in [0.717, 1.165) is 19.1 Å². The molecular formula is C13H25NO4S. The lowest BCUT2D eigenvalue weighted by Gasteiger charge is -2.36. The van der Waals surface area contributed by atoms with Gasteiger partial charge in [0.1, 0.15) is 4.75 Å². The SMILES string of the molecule is CC1CCCC(O)(CNC(=O)C(C)(C)S(C)(=O)=O)C1. The number of sulfone groups is 1. The van der Waals surface area contributed by atoms with Crippen molar-refractivity contribution in [2.45, 2.75) is 56.8 Å². The van der Waals surface area contributed by atoms with Gasteiger partial charge in [0.05, 0.1) is 5.60 Å². The first kappa shape index (κ1) is 16.4. The maximum atomic E-state index is 12.0. The molecule has 1 rings (SSSR count). The molecule has 112 valence electrons. The lowest BCUT2D eigenvalue weighted by Crippen LogP contribution is -2.53. The van der Waals surface area contributed by atoms with E-state index in [1.54, 1.807) is 0 Å². The van der Waals surface area contributed by atoms with Gasteiger partial charge in [0.15, 0.2) is 9.84 Å². The van der Waals surface area contributed by atoms with Gasteiger partial charge < -0.3 is 10.4 Å². The number of carbonyl (C=O) groups excluding carboxylic acids is 1. The van der Waals surface area contributed by atoms with Gasteiger partial charge in [-0.15, -0.1) is 0 Å². The fourth-order valence-electron chi connectivity index (χ4n) is 2.42. The quantitative estimate of drug-likeness (QED) is 0.805. The van der Waals surface area contributed by atoms with Crippen LogP contribution in [0.25, 0.3) is 0 Å². The Bertz CT molecular complexity index is 444. The second kappa shape index (κ2) is 5.40. The molecule has 1 fully saturated rings. The van der Waals surface area contributed by atoms with Crippen molar-refractivity contribution >= 4 is 15.7 Å². The van der Waals surface area contributed by atoms with Crippen LogP contribution in [0.15, 0.2) is 0 Å². The molecular weight excluding hydrogens is 266 g/mol. The molecule has 0 aromatic heterocycles. The minimum atomic E-state index is -3.48. The van der Waals surface area contributed by atoms with Gasteiger partial charge in [-0.05, 0) is 32.6 Å². The van der Waals surface area contributed by atoms with E-state index in [1.807, 2.05) is 0 Å². The molecule has 0 aliphatic heterocycles. The van der Waals surface area contributed by atoms with Crippen molar-refractivity contribution in [3.8, 4) is 0 Å². The Morgan fingerprint density at radius 1 is 1.47 bits per heavy atom. The Labute approximate surface area is 115 Å². The molecule has 6 heteroatoms. The van der Waals surface area contributed by atoms with E-state index < -0.39 is 26.1 Å². The molecule has 0 aromatic carbocycles. The van der Waals surface area contributed by atoms with E-state index in [9.17, 15) is 18.3 Å². The third-order valence-electron chi connectivity index (χ3n) is 4.12. The maximum absolute atomic E-state index is 12.0. The predicted octanol–water partition coefficient (Wildman–Crippen LogP) is 0.867. The van der Waals surface area contributed by atoms with Gasteiger partial charge >= 0.3 is 0 Å². The summed E-state index contributed by atoms with van der Waals surface area (Å²) in [6, 6.07) is 0. The van der Waals surface area contributed by atoms with Crippen molar-refractivity contribution in [1.29, 1.82) is 0 Å². The lowest BCUT2D eigenvalue weighted by atomic mass is 9.79. The zero-order chi connectivity index (χ0) is 14.9. The van der Waals surface area contributed by atoms with Crippen LogP contribution in [0.1, 0.15) is 46.5 Å². The third kappa shape index (κ3) is 3.92. The summed E-state index contributed by atoms with van der Waals surface area (Å²) in [4.78, 5) is 12.0. The summed E-state index contributed by atoms with van der Waals surface area (Å²) < 4.78 is 21.6. The first-order valence-electron chi connectivity index (χ1n) is 6.68. The number of nitrogens with one attached hydrogen (secondary N) is 1. The molecule has 0 aromatic rings. The predicted molar refractivity (Wildman–Crippen MR) is 74.5 cm³/mol. The molecule has 0 spiro atoms. The average Bonchev–Trinajstić information content (AvgIpc) is 2.24. The highest BCUT2D eigenvalue weighted by atomic mass is 32.2. The van der Waals surface area contributed by atoms with Crippen LogP contribution in [0.5, 0.6) is 0 Å². The van der Waals surface area contributed by atoms with Gasteiger partial charge in [-0.2, -0.15) is 0 Å². The number of hydrogen-bond acceptors (Lipinski definition) is 4. The number of rotatable bonds is 4. The van der Waals surface area contributed by atoms with Crippen molar-refractivity contribution in [3.05, 3.63) is 0 Å². The van der Waals surface area contributed by atoms with Gasteiger partial charge in [-0.3, -0.25) is 4.79 Å². The normalized spacial score (nSPS) is 29.0. The van der Waals surface area contributed by atoms with Gasteiger partial charge in [-0.1, -0.05) is 19.8 Å². The zero-order valence-electron chi connectivity index (χ0n) is 12.2. The standard InChI is InChI=1S/C13H25NO4S/c1-10-6-5-7-13(16,8-10)9-14-11(15)12(2,3)19(4,17)18/h10,16H,5-9H2,1-4H3,(H,14,15). The van der Waals surface area contributed by atoms with Gasteiger partial charge in [0.2, 0.25) is 5.91 Å². The van der Waals surface area contributed by atoms with Crippen LogP contribution in [0, 0.1) is 5.92 Å².